The van der Waals surface area contributed by atoms with Crippen molar-refractivity contribution in [3.05, 3.63) is 41.6 Å². The maximum atomic E-state index is 12.7. The minimum atomic E-state index is -4.44. The highest BCUT2D eigenvalue weighted by Crippen LogP contribution is 2.36. The number of carbonyl (C=O) groups is 2. The summed E-state index contributed by atoms with van der Waals surface area (Å²) in [6.45, 7) is 0.239. The van der Waals surface area contributed by atoms with Gasteiger partial charge < -0.3 is 10.2 Å². The summed E-state index contributed by atoms with van der Waals surface area (Å²) in [6.07, 6.45) is -3.10. The molecule has 1 saturated heterocycles. The molecule has 2 heterocycles. The van der Waals surface area contributed by atoms with Gasteiger partial charge in [0.25, 0.3) is 0 Å². The summed E-state index contributed by atoms with van der Waals surface area (Å²) in [7, 11) is 3.13. The molecule has 0 aliphatic carbocycles. The number of aromatic nitrogens is 3. The van der Waals surface area contributed by atoms with Gasteiger partial charge in [0.2, 0.25) is 11.8 Å². The number of likely N-dealkylation sites (N-methyl/N-ethyl adjacent to an activating group) is 1. The summed E-state index contributed by atoms with van der Waals surface area (Å²) in [6, 6.07) is 4.52. The predicted molar refractivity (Wildman–Crippen MR) is 84.9 cm³/mol. The van der Waals surface area contributed by atoms with Crippen LogP contribution in [0.25, 0.3) is 0 Å². The molecule has 2 atom stereocenters. The average Bonchev–Trinajstić information content (AvgIpc) is 3.10. The lowest BCUT2D eigenvalue weighted by Crippen LogP contribution is -2.32. The van der Waals surface area contributed by atoms with Crippen LogP contribution in [-0.4, -0.2) is 45.3 Å². The molecule has 0 saturated carbocycles. The van der Waals surface area contributed by atoms with Crippen molar-refractivity contribution in [2.75, 3.05) is 18.9 Å². The molecule has 0 unspecified atom stereocenters. The molecule has 1 N–H and O–H groups in total. The molecule has 2 amide bonds. The van der Waals surface area contributed by atoms with Gasteiger partial charge in [0.05, 0.1) is 11.8 Å². The van der Waals surface area contributed by atoms with Gasteiger partial charge in [-0.15, -0.1) is 5.10 Å². The first-order chi connectivity index (χ1) is 12.2. The molecule has 10 heteroatoms. The molecule has 26 heavy (non-hydrogen) atoms. The number of rotatable bonds is 3. The van der Waals surface area contributed by atoms with E-state index in [1.54, 1.807) is 14.1 Å². The van der Waals surface area contributed by atoms with E-state index >= 15 is 0 Å². The number of anilines is 1. The largest absolute Gasteiger partial charge is 0.416 e. The molecule has 138 valence electrons. The van der Waals surface area contributed by atoms with Crippen LogP contribution in [0.4, 0.5) is 19.0 Å². The van der Waals surface area contributed by atoms with Crippen LogP contribution in [-0.2, 0) is 22.8 Å². The van der Waals surface area contributed by atoms with Crippen LogP contribution in [0, 0.1) is 5.92 Å². The number of carbonyl (C=O) groups excluding carboxylic acids is 2. The number of nitrogens with zero attached hydrogens (tertiary/aromatic N) is 4. The second kappa shape index (κ2) is 6.43. The molecule has 3 rings (SSSR count). The molecular formula is C16H16F3N5O2. The number of likely N-dealkylation sites (tertiary alicyclic amines) is 1. The lowest BCUT2D eigenvalue weighted by molar-refractivity contribution is -0.138. The Morgan fingerprint density at radius 2 is 1.88 bits per heavy atom. The van der Waals surface area contributed by atoms with Crippen LogP contribution < -0.4 is 5.32 Å². The first kappa shape index (κ1) is 17.9. The van der Waals surface area contributed by atoms with Crippen molar-refractivity contribution in [1.82, 2.24) is 19.9 Å². The standard InChI is InChI=1S/C16H16F3N5O2/c1-23-8-11(9-3-5-10(6-4-9)16(17,18)19)13(15(23)26)14(25)21-12-7-20-24(2)22-12/h3-7,11,13H,8H2,1-2H3,(H,21,22,25)/t11-,13+/m0/s1. The lowest BCUT2D eigenvalue weighted by atomic mass is 9.87. The Morgan fingerprint density at radius 1 is 1.23 bits per heavy atom. The number of benzene rings is 1. The molecule has 2 aromatic rings. The van der Waals surface area contributed by atoms with E-state index in [9.17, 15) is 22.8 Å². The molecule has 1 aromatic carbocycles. The maximum absolute atomic E-state index is 12.7. The van der Waals surface area contributed by atoms with Crippen molar-refractivity contribution in [2.24, 2.45) is 13.0 Å². The van der Waals surface area contributed by atoms with Crippen LogP contribution in [0.1, 0.15) is 17.0 Å². The summed E-state index contributed by atoms with van der Waals surface area (Å²) in [5.74, 6) is -2.35. The summed E-state index contributed by atoms with van der Waals surface area (Å²) < 4.78 is 38.2. The normalized spacial score (nSPS) is 20.5. The number of alkyl halides is 3. The van der Waals surface area contributed by atoms with E-state index in [-0.39, 0.29) is 12.4 Å². The average molecular weight is 367 g/mol. The van der Waals surface area contributed by atoms with E-state index in [0.29, 0.717) is 5.56 Å². The lowest BCUT2D eigenvalue weighted by Gasteiger charge is -2.17. The zero-order valence-corrected chi connectivity index (χ0v) is 14.0. The Hall–Kier alpha value is -2.91. The van der Waals surface area contributed by atoms with Crippen molar-refractivity contribution < 1.29 is 22.8 Å². The quantitative estimate of drug-likeness (QED) is 0.837. The zero-order valence-electron chi connectivity index (χ0n) is 14.0. The fraction of sp³-hybridized carbons (Fsp3) is 0.375. The monoisotopic (exact) mass is 367 g/mol. The number of halogens is 3. The van der Waals surface area contributed by atoms with Crippen LogP contribution in [0.15, 0.2) is 30.5 Å². The summed E-state index contributed by atoms with van der Waals surface area (Å²) in [5.41, 5.74) is -0.283. The van der Waals surface area contributed by atoms with Crippen molar-refractivity contribution in [2.45, 2.75) is 12.1 Å². The van der Waals surface area contributed by atoms with E-state index in [0.717, 1.165) is 12.1 Å². The Morgan fingerprint density at radius 3 is 2.42 bits per heavy atom. The van der Waals surface area contributed by atoms with Gasteiger partial charge in [-0.2, -0.15) is 23.1 Å². The van der Waals surface area contributed by atoms with Crippen molar-refractivity contribution in [3.63, 3.8) is 0 Å². The van der Waals surface area contributed by atoms with Gasteiger partial charge in [-0.25, -0.2) is 0 Å². The highest BCUT2D eigenvalue weighted by Gasteiger charge is 2.44. The molecule has 7 nitrogen and oxygen atoms in total. The fourth-order valence-electron chi connectivity index (χ4n) is 3.02. The van der Waals surface area contributed by atoms with Crippen molar-refractivity contribution in [1.29, 1.82) is 0 Å². The minimum Gasteiger partial charge on any atom is -0.344 e. The molecule has 1 aliphatic rings. The number of amides is 2. The summed E-state index contributed by atoms with van der Waals surface area (Å²) >= 11 is 0. The molecule has 1 aliphatic heterocycles. The third-order valence-electron chi connectivity index (χ3n) is 4.31. The minimum absolute atomic E-state index is 0.200. The SMILES string of the molecule is CN1C[C@@H](c2ccc(C(F)(F)F)cc2)[C@H](C(=O)Nc2cnn(C)n2)C1=O. The van der Waals surface area contributed by atoms with Crippen LogP contribution in [0.5, 0.6) is 0 Å². The van der Waals surface area contributed by atoms with E-state index in [1.807, 2.05) is 0 Å². The first-order valence-electron chi connectivity index (χ1n) is 7.76. The zero-order chi connectivity index (χ0) is 19.1. The summed E-state index contributed by atoms with van der Waals surface area (Å²) in [4.78, 5) is 27.6. The fourth-order valence-corrected chi connectivity index (χ4v) is 3.02. The Labute approximate surface area is 146 Å². The van der Waals surface area contributed by atoms with Gasteiger partial charge >= 0.3 is 6.18 Å². The molecule has 1 aromatic heterocycles. The number of nitrogens with one attached hydrogen (secondary N) is 1. The van der Waals surface area contributed by atoms with Gasteiger partial charge in [0.1, 0.15) is 5.92 Å². The maximum Gasteiger partial charge on any atom is 0.416 e. The topological polar surface area (TPSA) is 80.1 Å². The highest BCUT2D eigenvalue weighted by atomic mass is 19.4. The van der Waals surface area contributed by atoms with E-state index in [1.165, 1.54) is 28.0 Å². The van der Waals surface area contributed by atoms with Crippen LogP contribution in [0.2, 0.25) is 0 Å². The van der Waals surface area contributed by atoms with Crippen LogP contribution >= 0.6 is 0 Å². The number of hydrogen-bond donors (Lipinski definition) is 1. The molecular weight excluding hydrogens is 351 g/mol. The van der Waals surface area contributed by atoms with Gasteiger partial charge in [0.15, 0.2) is 5.82 Å². The van der Waals surface area contributed by atoms with E-state index in [4.69, 9.17) is 0 Å². The second-order valence-electron chi connectivity index (χ2n) is 6.13. The van der Waals surface area contributed by atoms with Gasteiger partial charge in [-0.3, -0.25) is 9.59 Å². The smallest absolute Gasteiger partial charge is 0.344 e. The van der Waals surface area contributed by atoms with E-state index in [2.05, 4.69) is 15.5 Å². The third kappa shape index (κ3) is 3.39. The van der Waals surface area contributed by atoms with Gasteiger partial charge in [-0.05, 0) is 17.7 Å². The van der Waals surface area contributed by atoms with Crippen molar-refractivity contribution >= 4 is 17.6 Å². The number of aryl methyl sites for hydroxylation is 1. The highest BCUT2D eigenvalue weighted by molar-refractivity contribution is 6.08. The third-order valence-corrected chi connectivity index (χ3v) is 4.31. The molecule has 0 radical (unpaired) electrons. The van der Waals surface area contributed by atoms with Gasteiger partial charge in [-0.1, -0.05) is 12.1 Å². The Balaban J connectivity index is 1.85. The molecule has 0 bridgehead atoms. The van der Waals surface area contributed by atoms with E-state index < -0.39 is 35.4 Å². The van der Waals surface area contributed by atoms with Crippen molar-refractivity contribution in [3.8, 4) is 0 Å². The second-order valence-corrected chi connectivity index (χ2v) is 6.13. The first-order valence-corrected chi connectivity index (χ1v) is 7.76. The molecule has 0 spiro atoms. The summed E-state index contributed by atoms with van der Waals surface area (Å²) in [5, 5.41) is 10.3. The van der Waals surface area contributed by atoms with Gasteiger partial charge in [0, 0.05) is 26.6 Å². The Kier molecular flexibility index (Phi) is 4.43. The number of hydrogen-bond acceptors (Lipinski definition) is 4. The molecule has 1 fully saturated rings. The predicted octanol–water partition coefficient (Wildman–Crippen LogP) is 1.64. The van der Waals surface area contributed by atoms with Crippen LogP contribution in [0.3, 0.4) is 0 Å². The Bertz CT molecular complexity index is 831.